The van der Waals surface area contributed by atoms with Crippen LogP contribution in [0.3, 0.4) is 0 Å². The number of phosphoric acid groups is 1. The van der Waals surface area contributed by atoms with Crippen LogP contribution in [0.25, 0.3) is 0 Å². The van der Waals surface area contributed by atoms with Crippen LogP contribution in [0.1, 0.15) is 110 Å². The summed E-state index contributed by atoms with van der Waals surface area (Å²) in [6.07, 6.45) is 19.1. The first-order chi connectivity index (χ1) is 13.0. The van der Waals surface area contributed by atoms with Crippen LogP contribution in [0, 0.1) is 0 Å². The first-order valence-corrected chi connectivity index (χ1v) is 12.9. The minimum atomic E-state index is -4.32. The summed E-state index contributed by atoms with van der Waals surface area (Å²) in [7, 11) is -4.32. The van der Waals surface area contributed by atoms with Gasteiger partial charge in [0.05, 0.1) is 6.61 Å². The van der Waals surface area contributed by atoms with Gasteiger partial charge in [-0.15, -0.1) is 0 Å². The van der Waals surface area contributed by atoms with Gasteiger partial charge in [0.1, 0.15) is 0 Å². The van der Waals surface area contributed by atoms with Gasteiger partial charge in [0, 0.05) is 6.54 Å². The molecule has 0 aliphatic carbocycles. The van der Waals surface area contributed by atoms with E-state index in [0.717, 1.165) is 19.6 Å². The summed E-state index contributed by atoms with van der Waals surface area (Å²) in [6.45, 7) is 7.69. The van der Waals surface area contributed by atoms with Crippen LogP contribution < -0.4 is 0 Å². The molecule has 0 saturated carbocycles. The van der Waals surface area contributed by atoms with Crippen molar-refractivity contribution in [3.05, 3.63) is 0 Å². The molecule has 0 amide bonds. The minimum absolute atomic E-state index is 0.134. The number of unbranched alkanes of at least 4 members (excludes halogenated alkanes) is 12. The average molecular weight is 408 g/mol. The predicted molar refractivity (Wildman–Crippen MR) is 115 cm³/mol. The van der Waals surface area contributed by atoms with Gasteiger partial charge < -0.3 is 14.7 Å². The molecule has 0 aliphatic heterocycles. The standard InChI is InChI=1S/C21H46NO4P/c1-3-5-7-9-11-13-15-18-22(20-17-21-26-27(23,24)25)19-16-14-12-10-8-6-4-2/h3-21H2,1-2H3,(H2,23,24,25). The maximum absolute atomic E-state index is 10.8. The fourth-order valence-electron chi connectivity index (χ4n) is 3.39. The van der Waals surface area contributed by atoms with Crippen LogP contribution >= 0.6 is 7.82 Å². The van der Waals surface area contributed by atoms with Gasteiger partial charge in [-0.05, 0) is 32.4 Å². The largest absolute Gasteiger partial charge is 0.469 e. The van der Waals surface area contributed by atoms with Crippen molar-refractivity contribution >= 4 is 7.82 Å². The van der Waals surface area contributed by atoms with Gasteiger partial charge in [-0.3, -0.25) is 4.52 Å². The van der Waals surface area contributed by atoms with Crippen LogP contribution in [0.2, 0.25) is 0 Å². The number of phosphoric ester groups is 1. The number of hydrogen-bond acceptors (Lipinski definition) is 3. The summed E-state index contributed by atoms with van der Waals surface area (Å²) in [5, 5.41) is 0. The summed E-state index contributed by atoms with van der Waals surface area (Å²) in [5.74, 6) is 0. The Kier molecular flexibility index (Phi) is 19.4. The summed E-state index contributed by atoms with van der Waals surface area (Å²) in [6, 6.07) is 0. The maximum atomic E-state index is 10.8. The van der Waals surface area contributed by atoms with Gasteiger partial charge in [-0.1, -0.05) is 90.9 Å². The van der Waals surface area contributed by atoms with Crippen LogP contribution in [0.4, 0.5) is 0 Å². The molecule has 0 aromatic rings. The Bertz CT molecular complexity index is 331. The van der Waals surface area contributed by atoms with Crippen molar-refractivity contribution in [1.82, 2.24) is 4.90 Å². The van der Waals surface area contributed by atoms with Crippen molar-refractivity contribution in [2.24, 2.45) is 0 Å². The molecule has 5 nitrogen and oxygen atoms in total. The highest BCUT2D eigenvalue weighted by molar-refractivity contribution is 7.46. The Morgan fingerprint density at radius 1 is 0.630 bits per heavy atom. The molecule has 27 heavy (non-hydrogen) atoms. The third-order valence-electron chi connectivity index (χ3n) is 5.03. The van der Waals surface area contributed by atoms with Gasteiger partial charge in [0.2, 0.25) is 0 Å². The topological polar surface area (TPSA) is 70.0 Å². The van der Waals surface area contributed by atoms with Gasteiger partial charge in [-0.25, -0.2) is 4.57 Å². The fraction of sp³-hybridized carbons (Fsp3) is 1.00. The molecule has 0 aromatic carbocycles. The van der Waals surface area contributed by atoms with Gasteiger partial charge in [0.25, 0.3) is 0 Å². The van der Waals surface area contributed by atoms with E-state index in [-0.39, 0.29) is 6.61 Å². The van der Waals surface area contributed by atoms with E-state index in [0.29, 0.717) is 6.42 Å². The molecule has 0 rings (SSSR count). The maximum Gasteiger partial charge on any atom is 0.469 e. The second-order valence-corrected chi connectivity index (χ2v) is 9.00. The molecule has 0 fully saturated rings. The van der Waals surface area contributed by atoms with Crippen molar-refractivity contribution in [2.75, 3.05) is 26.2 Å². The highest BCUT2D eigenvalue weighted by Gasteiger charge is 2.13. The fourth-order valence-corrected chi connectivity index (χ4v) is 3.76. The third-order valence-corrected chi connectivity index (χ3v) is 5.55. The Hall–Kier alpha value is 0.0700. The lowest BCUT2D eigenvalue weighted by molar-refractivity contribution is 0.177. The van der Waals surface area contributed by atoms with E-state index in [2.05, 4.69) is 23.3 Å². The molecular formula is C21H46NO4P. The summed E-state index contributed by atoms with van der Waals surface area (Å²) < 4.78 is 15.4. The SMILES string of the molecule is CCCCCCCCCN(CCCCCCCCC)CCCOP(=O)(O)O. The van der Waals surface area contributed by atoms with Gasteiger partial charge in [0.15, 0.2) is 0 Å². The molecule has 0 radical (unpaired) electrons. The van der Waals surface area contributed by atoms with Crippen molar-refractivity contribution in [2.45, 2.75) is 110 Å². The molecule has 0 atom stereocenters. The summed E-state index contributed by atoms with van der Waals surface area (Å²) in [4.78, 5) is 20.0. The Labute approximate surface area is 168 Å². The molecule has 6 heteroatoms. The van der Waals surface area contributed by atoms with E-state index < -0.39 is 7.82 Å². The second kappa shape index (κ2) is 19.4. The van der Waals surface area contributed by atoms with E-state index in [4.69, 9.17) is 9.79 Å². The van der Waals surface area contributed by atoms with E-state index in [1.54, 1.807) is 0 Å². The normalized spacial score (nSPS) is 12.2. The average Bonchev–Trinajstić information content (AvgIpc) is 2.62. The van der Waals surface area contributed by atoms with Crippen molar-refractivity contribution < 1.29 is 18.9 Å². The van der Waals surface area contributed by atoms with Crippen molar-refractivity contribution in [1.29, 1.82) is 0 Å². The second-order valence-electron chi connectivity index (χ2n) is 7.76. The lowest BCUT2D eigenvalue weighted by Gasteiger charge is -2.22. The van der Waals surface area contributed by atoms with E-state index in [9.17, 15) is 4.57 Å². The molecule has 0 heterocycles. The lowest BCUT2D eigenvalue weighted by Crippen LogP contribution is -2.28. The zero-order valence-electron chi connectivity index (χ0n) is 18.0. The van der Waals surface area contributed by atoms with E-state index in [1.807, 2.05) is 0 Å². The molecule has 2 N–H and O–H groups in total. The molecule has 0 aromatic heterocycles. The molecule has 0 spiro atoms. The molecule has 0 unspecified atom stereocenters. The molecule has 0 saturated heterocycles. The van der Waals surface area contributed by atoms with Gasteiger partial charge >= 0.3 is 7.82 Å². The van der Waals surface area contributed by atoms with E-state index in [1.165, 1.54) is 89.9 Å². The van der Waals surface area contributed by atoms with Crippen LogP contribution in [0.5, 0.6) is 0 Å². The number of nitrogens with zero attached hydrogens (tertiary/aromatic N) is 1. The van der Waals surface area contributed by atoms with Crippen molar-refractivity contribution in [3.63, 3.8) is 0 Å². The quantitative estimate of drug-likeness (QED) is 0.173. The zero-order valence-corrected chi connectivity index (χ0v) is 18.9. The van der Waals surface area contributed by atoms with Crippen LogP contribution in [-0.2, 0) is 9.09 Å². The minimum Gasteiger partial charge on any atom is -0.303 e. The lowest BCUT2D eigenvalue weighted by atomic mass is 10.1. The molecule has 0 bridgehead atoms. The Morgan fingerprint density at radius 3 is 1.41 bits per heavy atom. The summed E-state index contributed by atoms with van der Waals surface area (Å²) >= 11 is 0. The van der Waals surface area contributed by atoms with Crippen LogP contribution in [-0.4, -0.2) is 40.9 Å². The number of rotatable bonds is 21. The van der Waals surface area contributed by atoms with Gasteiger partial charge in [-0.2, -0.15) is 0 Å². The van der Waals surface area contributed by atoms with Crippen molar-refractivity contribution in [3.8, 4) is 0 Å². The van der Waals surface area contributed by atoms with E-state index >= 15 is 0 Å². The Morgan fingerprint density at radius 2 is 1.00 bits per heavy atom. The monoisotopic (exact) mass is 407 g/mol. The highest BCUT2D eigenvalue weighted by atomic mass is 31.2. The molecule has 164 valence electrons. The molecular weight excluding hydrogens is 361 g/mol. The third kappa shape index (κ3) is 22.2. The smallest absolute Gasteiger partial charge is 0.303 e. The first kappa shape index (κ1) is 27.1. The summed E-state index contributed by atoms with van der Waals surface area (Å²) in [5.41, 5.74) is 0. The predicted octanol–water partition coefficient (Wildman–Crippen LogP) is 6.29. The van der Waals surface area contributed by atoms with Crippen LogP contribution in [0.15, 0.2) is 0 Å². The molecule has 0 aliphatic rings. The zero-order chi connectivity index (χ0) is 20.2. The first-order valence-electron chi connectivity index (χ1n) is 11.4. The highest BCUT2D eigenvalue weighted by Crippen LogP contribution is 2.35. The number of hydrogen-bond donors (Lipinski definition) is 2. The Balaban J connectivity index is 3.89.